The Bertz CT molecular complexity index is 918. The maximum atomic E-state index is 12.4. The van der Waals surface area contributed by atoms with Gasteiger partial charge in [-0.15, -0.1) is 0 Å². The highest BCUT2D eigenvalue weighted by atomic mass is 16.1. The number of benzene rings is 1. The molecule has 0 spiro atoms. The Labute approximate surface area is 160 Å². The molecule has 0 atom stereocenters. The first-order valence-corrected chi connectivity index (χ1v) is 9.48. The van der Waals surface area contributed by atoms with Gasteiger partial charge in [0.1, 0.15) is 5.82 Å². The van der Waals surface area contributed by atoms with E-state index in [1.54, 1.807) is 4.68 Å². The number of nitrogens with one attached hydrogen (secondary N) is 1. The molecule has 1 amide bonds. The number of fused-ring (bicyclic) bond motifs is 1. The van der Waals surface area contributed by atoms with Crippen molar-refractivity contribution in [3.63, 3.8) is 0 Å². The molecule has 3 rings (SSSR count). The van der Waals surface area contributed by atoms with Gasteiger partial charge in [0.2, 0.25) is 5.91 Å². The smallest absolute Gasteiger partial charge is 0.226 e. The van der Waals surface area contributed by atoms with E-state index in [0.29, 0.717) is 18.1 Å². The number of unbranched alkanes of at least 4 members (excludes halogenated alkanes) is 1. The Morgan fingerprint density at radius 1 is 1.19 bits per heavy atom. The zero-order valence-electron chi connectivity index (χ0n) is 16.3. The van der Waals surface area contributed by atoms with Crippen LogP contribution in [-0.4, -0.2) is 45.7 Å². The normalized spacial score (nSPS) is 11.3. The Morgan fingerprint density at radius 2 is 2.00 bits per heavy atom. The number of hydrogen-bond acceptors (Lipinski definition) is 4. The summed E-state index contributed by atoms with van der Waals surface area (Å²) in [6.45, 7) is 5.84. The minimum atomic E-state index is -0.0136. The lowest BCUT2D eigenvalue weighted by atomic mass is 10.2. The molecule has 0 radical (unpaired) electrons. The predicted molar refractivity (Wildman–Crippen MR) is 109 cm³/mol. The van der Waals surface area contributed by atoms with Gasteiger partial charge in [-0.05, 0) is 45.1 Å². The minimum Gasteiger partial charge on any atom is -0.310 e. The van der Waals surface area contributed by atoms with E-state index in [-0.39, 0.29) is 5.91 Å². The van der Waals surface area contributed by atoms with Gasteiger partial charge in [-0.2, -0.15) is 9.78 Å². The molecule has 0 aliphatic carbocycles. The van der Waals surface area contributed by atoms with Crippen LogP contribution in [0.5, 0.6) is 0 Å². The van der Waals surface area contributed by atoms with Gasteiger partial charge in [0, 0.05) is 24.4 Å². The lowest BCUT2D eigenvalue weighted by Gasteiger charge is -2.15. The fraction of sp³-hybridized carbons (Fsp3) is 0.381. The molecule has 27 heavy (non-hydrogen) atoms. The Morgan fingerprint density at radius 3 is 2.81 bits per heavy atom. The lowest BCUT2D eigenvalue weighted by Crippen LogP contribution is -2.25. The largest absolute Gasteiger partial charge is 0.310 e. The van der Waals surface area contributed by atoms with Gasteiger partial charge in [-0.25, -0.2) is 4.98 Å². The molecular formula is C21H27N5O. The molecule has 0 fully saturated rings. The molecule has 6 heteroatoms. The van der Waals surface area contributed by atoms with E-state index in [4.69, 9.17) is 0 Å². The highest BCUT2D eigenvalue weighted by molar-refractivity contribution is 5.90. The second-order valence-corrected chi connectivity index (χ2v) is 6.90. The highest BCUT2D eigenvalue weighted by Crippen LogP contribution is 2.19. The van der Waals surface area contributed by atoms with Crippen molar-refractivity contribution in [2.45, 2.75) is 33.1 Å². The molecule has 0 aliphatic rings. The van der Waals surface area contributed by atoms with Crippen LogP contribution >= 0.6 is 0 Å². The van der Waals surface area contributed by atoms with Gasteiger partial charge in [0.05, 0.1) is 11.2 Å². The van der Waals surface area contributed by atoms with Crippen LogP contribution in [0.4, 0.5) is 5.82 Å². The van der Waals surface area contributed by atoms with Crippen LogP contribution in [0.1, 0.15) is 31.9 Å². The first-order chi connectivity index (χ1) is 13.1. The number of aryl methyl sites for hydroxylation is 1. The van der Waals surface area contributed by atoms with Crippen LogP contribution in [-0.2, 0) is 4.79 Å². The van der Waals surface area contributed by atoms with Crippen molar-refractivity contribution in [1.29, 1.82) is 0 Å². The summed E-state index contributed by atoms with van der Waals surface area (Å²) >= 11 is 0. The molecule has 2 aromatic heterocycles. The summed E-state index contributed by atoms with van der Waals surface area (Å²) in [6, 6.07) is 13.8. The van der Waals surface area contributed by atoms with Crippen molar-refractivity contribution in [3.8, 4) is 5.82 Å². The van der Waals surface area contributed by atoms with E-state index in [1.165, 1.54) is 0 Å². The maximum absolute atomic E-state index is 12.4. The Balaban J connectivity index is 1.72. The number of amides is 1. The first-order valence-electron chi connectivity index (χ1n) is 9.48. The second kappa shape index (κ2) is 8.77. The van der Waals surface area contributed by atoms with Gasteiger partial charge in [0.15, 0.2) is 5.82 Å². The standard InChI is InChI=1S/C21H27N5O/c1-4-5-13-25(3)14-12-21(27)23-20-15-16(2)24-26(20)19-11-10-17-8-6-7-9-18(17)22-19/h6-11,15H,4-5,12-14H2,1-3H3,(H,23,27). The van der Waals surface area contributed by atoms with E-state index < -0.39 is 0 Å². The van der Waals surface area contributed by atoms with Crippen LogP contribution < -0.4 is 5.32 Å². The van der Waals surface area contributed by atoms with Gasteiger partial charge in [-0.1, -0.05) is 31.5 Å². The summed E-state index contributed by atoms with van der Waals surface area (Å²) in [4.78, 5) is 19.3. The molecule has 1 aromatic carbocycles. The number of nitrogens with zero attached hydrogens (tertiary/aromatic N) is 4. The van der Waals surface area contributed by atoms with Crippen molar-refractivity contribution >= 4 is 22.6 Å². The summed E-state index contributed by atoms with van der Waals surface area (Å²) in [5.74, 6) is 1.33. The fourth-order valence-electron chi connectivity index (χ4n) is 2.97. The second-order valence-electron chi connectivity index (χ2n) is 6.90. The lowest BCUT2D eigenvalue weighted by molar-refractivity contribution is -0.116. The topological polar surface area (TPSA) is 63.1 Å². The molecular weight excluding hydrogens is 338 g/mol. The van der Waals surface area contributed by atoms with E-state index in [1.807, 2.05) is 49.4 Å². The third-order valence-electron chi connectivity index (χ3n) is 4.51. The summed E-state index contributed by atoms with van der Waals surface area (Å²) in [5.41, 5.74) is 1.73. The van der Waals surface area contributed by atoms with Crippen LogP contribution in [0, 0.1) is 6.92 Å². The number of rotatable bonds is 8. The predicted octanol–water partition coefficient (Wildman–Crippen LogP) is 3.79. The first kappa shape index (κ1) is 19.0. The van der Waals surface area contributed by atoms with E-state index in [9.17, 15) is 4.79 Å². The number of carbonyl (C=O) groups is 1. The zero-order valence-corrected chi connectivity index (χ0v) is 16.3. The highest BCUT2D eigenvalue weighted by Gasteiger charge is 2.13. The monoisotopic (exact) mass is 365 g/mol. The van der Waals surface area contributed by atoms with Crippen molar-refractivity contribution in [1.82, 2.24) is 19.7 Å². The number of hydrogen-bond donors (Lipinski definition) is 1. The van der Waals surface area contributed by atoms with Crippen molar-refractivity contribution < 1.29 is 4.79 Å². The van der Waals surface area contributed by atoms with E-state index in [2.05, 4.69) is 34.3 Å². The summed E-state index contributed by atoms with van der Waals surface area (Å²) in [5, 5.41) is 8.56. The number of carbonyl (C=O) groups excluding carboxylic acids is 1. The van der Waals surface area contributed by atoms with Gasteiger partial charge >= 0.3 is 0 Å². The molecule has 1 N–H and O–H groups in total. The van der Waals surface area contributed by atoms with Crippen LogP contribution in [0.15, 0.2) is 42.5 Å². The average Bonchev–Trinajstić information content (AvgIpc) is 3.04. The Hall–Kier alpha value is -2.73. The quantitative estimate of drug-likeness (QED) is 0.660. The maximum Gasteiger partial charge on any atom is 0.226 e. The van der Waals surface area contributed by atoms with Crippen LogP contribution in [0.25, 0.3) is 16.7 Å². The number of para-hydroxylation sites is 1. The number of anilines is 1. The third-order valence-corrected chi connectivity index (χ3v) is 4.51. The molecule has 6 nitrogen and oxygen atoms in total. The molecule has 0 aliphatic heterocycles. The summed E-state index contributed by atoms with van der Waals surface area (Å²) in [7, 11) is 2.05. The number of pyridine rings is 1. The molecule has 0 unspecified atom stereocenters. The molecule has 2 heterocycles. The zero-order chi connectivity index (χ0) is 19.2. The molecule has 0 saturated heterocycles. The van der Waals surface area contributed by atoms with E-state index >= 15 is 0 Å². The van der Waals surface area contributed by atoms with Crippen LogP contribution in [0.3, 0.4) is 0 Å². The van der Waals surface area contributed by atoms with Crippen LogP contribution in [0.2, 0.25) is 0 Å². The fourth-order valence-corrected chi connectivity index (χ4v) is 2.97. The average molecular weight is 365 g/mol. The van der Waals surface area contributed by atoms with Crippen molar-refractivity contribution in [3.05, 3.63) is 48.2 Å². The molecule has 0 bridgehead atoms. The van der Waals surface area contributed by atoms with Crippen molar-refractivity contribution in [2.24, 2.45) is 0 Å². The Kier molecular flexibility index (Phi) is 6.19. The van der Waals surface area contributed by atoms with Gasteiger partial charge in [-0.3, -0.25) is 4.79 Å². The number of aromatic nitrogens is 3. The van der Waals surface area contributed by atoms with Gasteiger partial charge < -0.3 is 10.2 Å². The van der Waals surface area contributed by atoms with Crippen molar-refractivity contribution in [2.75, 3.05) is 25.5 Å². The third kappa shape index (κ3) is 4.92. The molecule has 3 aromatic rings. The van der Waals surface area contributed by atoms with Gasteiger partial charge in [0.25, 0.3) is 0 Å². The molecule has 0 saturated carbocycles. The molecule has 142 valence electrons. The van der Waals surface area contributed by atoms with E-state index in [0.717, 1.165) is 42.5 Å². The minimum absolute atomic E-state index is 0.0136. The summed E-state index contributed by atoms with van der Waals surface area (Å²) in [6.07, 6.45) is 2.76. The SMILES string of the molecule is CCCCN(C)CCC(=O)Nc1cc(C)nn1-c1ccc2ccccc2n1. The summed E-state index contributed by atoms with van der Waals surface area (Å²) < 4.78 is 1.69.